The van der Waals surface area contributed by atoms with Gasteiger partial charge in [0.2, 0.25) is 0 Å². The maximum atomic E-state index is 10.9. The smallest absolute Gasteiger partial charge is 0.309 e. The van der Waals surface area contributed by atoms with Gasteiger partial charge in [-0.15, -0.1) is 0 Å². The van der Waals surface area contributed by atoms with Crippen LogP contribution >= 0.6 is 0 Å². The van der Waals surface area contributed by atoms with Crippen molar-refractivity contribution in [2.75, 3.05) is 13.2 Å². The molecular formula is C14H24O3. The van der Waals surface area contributed by atoms with Crippen molar-refractivity contribution in [2.24, 2.45) is 17.3 Å². The Morgan fingerprint density at radius 1 is 1.41 bits per heavy atom. The maximum Gasteiger partial charge on any atom is 0.309 e. The first-order valence-electron chi connectivity index (χ1n) is 6.39. The molecule has 17 heavy (non-hydrogen) atoms. The van der Waals surface area contributed by atoms with Crippen LogP contribution < -0.4 is 0 Å². The second kappa shape index (κ2) is 6.20. The highest BCUT2D eigenvalue weighted by Gasteiger charge is 2.27. The van der Waals surface area contributed by atoms with Crippen LogP contribution in [0.1, 0.15) is 40.0 Å². The summed E-state index contributed by atoms with van der Waals surface area (Å²) in [7, 11) is 0. The van der Waals surface area contributed by atoms with E-state index in [1.165, 1.54) is 0 Å². The van der Waals surface area contributed by atoms with E-state index >= 15 is 0 Å². The van der Waals surface area contributed by atoms with Crippen LogP contribution in [0.2, 0.25) is 0 Å². The van der Waals surface area contributed by atoms with Crippen molar-refractivity contribution >= 4 is 5.97 Å². The first-order valence-corrected chi connectivity index (χ1v) is 6.39. The molecule has 1 aliphatic rings. The summed E-state index contributed by atoms with van der Waals surface area (Å²) in [5.41, 5.74) is -0.682. The van der Waals surface area contributed by atoms with Gasteiger partial charge in [-0.25, -0.2) is 0 Å². The lowest BCUT2D eigenvalue weighted by Gasteiger charge is -2.25. The minimum atomic E-state index is -0.755. The van der Waals surface area contributed by atoms with E-state index in [4.69, 9.17) is 9.84 Å². The molecular weight excluding hydrogens is 216 g/mol. The van der Waals surface area contributed by atoms with E-state index in [0.717, 1.165) is 19.4 Å². The van der Waals surface area contributed by atoms with E-state index in [9.17, 15) is 4.79 Å². The molecule has 3 heteroatoms. The van der Waals surface area contributed by atoms with E-state index < -0.39 is 11.4 Å². The second-order valence-corrected chi connectivity index (χ2v) is 5.69. The third-order valence-corrected chi connectivity index (χ3v) is 3.70. The normalized spacial score (nSPS) is 24.9. The molecule has 0 amide bonds. The Kier molecular flexibility index (Phi) is 5.19. The maximum absolute atomic E-state index is 10.9. The Labute approximate surface area is 104 Å². The number of aliphatic carboxylic acids is 1. The fourth-order valence-corrected chi connectivity index (χ4v) is 1.91. The van der Waals surface area contributed by atoms with Crippen LogP contribution in [0.5, 0.6) is 0 Å². The van der Waals surface area contributed by atoms with Gasteiger partial charge in [-0.05, 0) is 44.9 Å². The van der Waals surface area contributed by atoms with Gasteiger partial charge in [-0.1, -0.05) is 19.1 Å². The molecule has 0 heterocycles. The lowest BCUT2D eigenvalue weighted by atomic mass is 9.85. The van der Waals surface area contributed by atoms with Gasteiger partial charge in [-0.3, -0.25) is 4.79 Å². The van der Waals surface area contributed by atoms with Crippen LogP contribution in [-0.2, 0) is 9.53 Å². The predicted molar refractivity (Wildman–Crippen MR) is 67.9 cm³/mol. The van der Waals surface area contributed by atoms with Crippen molar-refractivity contribution < 1.29 is 14.6 Å². The first-order chi connectivity index (χ1) is 7.93. The van der Waals surface area contributed by atoms with Crippen LogP contribution in [0.4, 0.5) is 0 Å². The number of carboxylic acid groups (broad SMARTS) is 1. The zero-order valence-corrected chi connectivity index (χ0v) is 11.1. The fraction of sp³-hybridized carbons (Fsp3) is 0.786. The van der Waals surface area contributed by atoms with Crippen molar-refractivity contribution in [3.8, 4) is 0 Å². The number of hydrogen-bond donors (Lipinski definition) is 1. The van der Waals surface area contributed by atoms with Crippen LogP contribution in [0.25, 0.3) is 0 Å². The summed E-state index contributed by atoms with van der Waals surface area (Å²) in [6, 6.07) is 0. The summed E-state index contributed by atoms with van der Waals surface area (Å²) in [6.07, 6.45) is 7.24. The van der Waals surface area contributed by atoms with Gasteiger partial charge in [0.25, 0.3) is 0 Å². The molecule has 0 aromatic rings. The first kappa shape index (κ1) is 14.2. The molecule has 0 fully saturated rings. The number of carboxylic acids is 1. The largest absolute Gasteiger partial charge is 0.481 e. The predicted octanol–water partition coefficient (Wildman–Crippen LogP) is 3.11. The van der Waals surface area contributed by atoms with Gasteiger partial charge >= 0.3 is 5.97 Å². The molecule has 1 N–H and O–H groups in total. The van der Waals surface area contributed by atoms with Gasteiger partial charge in [0.1, 0.15) is 0 Å². The zero-order chi connectivity index (χ0) is 12.9. The molecule has 0 spiro atoms. The summed E-state index contributed by atoms with van der Waals surface area (Å²) in [4.78, 5) is 10.9. The van der Waals surface area contributed by atoms with Gasteiger partial charge in [0, 0.05) is 13.2 Å². The summed E-state index contributed by atoms with van der Waals surface area (Å²) in [6.45, 7) is 7.02. The summed E-state index contributed by atoms with van der Waals surface area (Å²) < 4.78 is 5.63. The summed E-state index contributed by atoms with van der Waals surface area (Å²) >= 11 is 0. The van der Waals surface area contributed by atoms with Crippen molar-refractivity contribution in [3.63, 3.8) is 0 Å². The molecule has 1 aliphatic carbocycles. The fourth-order valence-electron chi connectivity index (χ4n) is 1.91. The van der Waals surface area contributed by atoms with Gasteiger partial charge in [0.15, 0.2) is 0 Å². The molecule has 0 saturated carbocycles. The molecule has 2 atom stereocenters. The molecule has 0 radical (unpaired) electrons. The molecule has 1 rings (SSSR count). The number of hydrogen-bond acceptors (Lipinski definition) is 2. The number of allylic oxidation sites excluding steroid dienone is 2. The summed E-state index contributed by atoms with van der Waals surface area (Å²) in [5.74, 6) is 0.510. The zero-order valence-electron chi connectivity index (χ0n) is 11.1. The lowest BCUT2D eigenvalue weighted by Crippen LogP contribution is -2.26. The minimum Gasteiger partial charge on any atom is -0.481 e. The third-order valence-electron chi connectivity index (χ3n) is 3.70. The van der Waals surface area contributed by atoms with Gasteiger partial charge in [-0.2, -0.15) is 0 Å². The lowest BCUT2D eigenvalue weighted by molar-refractivity contribution is -0.148. The SMILES string of the molecule is CC1CC=CCC1COCCC(C)(C)C(=O)O. The van der Waals surface area contributed by atoms with Crippen molar-refractivity contribution in [2.45, 2.75) is 40.0 Å². The van der Waals surface area contributed by atoms with Gasteiger partial charge in [0.05, 0.1) is 5.41 Å². The Bertz CT molecular complexity index is 281. The molecule has 2 unspecified atom stereocenters. The Morgan fingerprint density at radius 2 is 2.06 bits per heavy atom. The molecule has 98 valence electrons. The van der Waals surface area contributed by atoms with Crippen LogP contribution in [0.15, 0.2) is 12.2 Å². The molecule has 0 bridgehead atoms. The molecule has 0 aromatic heterocycles. The van der Waals surface area contributed by atoms with E-state index in [-0.39, 0.29) is 0 Å². The van der Waals surface area contributed by atoms with Crippen molar-refractivity contribution in [1.82, 2.24) is 0 Å². The summed E-state index contributed by atoms with van der Waals surface area (Å²) in [5, 5.41) is 8.97. The topological polar surface area (TPSA) is 46.5 Å². The molecule has 0 aromatic carbocycles. The van der Waals surface area contributed by atoms with E-state index in [0.29, 0.717) is 24.9 Å². The van der Waals surface area contributed by atoms with Gasteiger partial charge < -0.3 is 9.84 Å². The van der Waals surface area contributed by atoms with Crippen LogP contribution in [0, 0.1) is 17.3 Å². The van der Waals surface area contributed by atoms with Crippen LogP contribution in [-0.4, -0.2) is 24.3 Å². The third kappa shape index (κ3) is 4.50. The minimum absolute atomic E-state index is 0.534. The monoisotopic (exact) mass is 240 g/mol. The Morgan fingerprint density at radius 3 is 2.65 bits per heavy atom. The highest BCUT2D eigenvalue weighted by Crippen LogP contribution is 2.26. The van der Waals surface area contributed by atoms with E-state index in [2.05, 4.69) is 19.1 Å². The average Bonchev–Trinajstić information content (AvgIpc) is 2.26. The second-order valence-electron chi connectivity index (χ2n) is 5.69. The standard InChI is InChI=1S/C14H24O3/c1-11-6-4-5-7-12(11)10-17-9-8-14(2,3)13(15)16/h4-5,11-12H,6-10H2,1-3H3,(H,15,16). The Hall–Kier alpha value is -0.830. The molecule has 0 aliphatic heterocycles. The number of carbonyl (C=O) groups is 1. The molecule has 3 nitrogen and oxygen atoms in total. The van der Waals surface area contributed by atoms with E-state index in [1.807, 2.05) is 0 Å². The average molecular weight is 240 g/mol. The highest BCUT2D eigenvalue weighted by molar-refractivity contribution is 5.73. The molecule has 0 saturated heterocycles. The van der Waals surface area contributed by atoms with Crippen LogP contribution in [0.3, 0.4) is 0 Å². The van der Waals surface area contributed by atoms with E-state index in [1.54, 1.807) is 13.8 Å². The quantitative estimate of drug-likeness (QED) is 0.573. The highest BCUT2D eigenvalue weighted by atomic mass is 16.5. The van der Waals surface area contributed by atoms with Crippen molar-refractivity contribution in [3.05, 3.63) is 12.2 Å². The number of ether oxygens (including phenoxy) is 1. The van der Waals surface area contributed by atoms with Crippen molar-refractivity contribution in [1.29, 1.82) is 0 Å². The Balaban J connectivity index is 2.20. The number of rotatable bonds is 6.